The van der Waals surface area contributed by atoms with Gasteiger partial charge in [-0.2, -0.15) is 13.2 Å². The molecule has 3 rings (SSSR count). The molecule has 2 fully saturated rings. The van der Waals surface area contributed by atoms with E-state index in [1.165, 1.54) is 0 Å². The van der Waals surface area contributed by atoms with E-state index < -0.39 is 30.2 Å². The van der Waals surface area contributed by atoms with E-state index in [-0.39, 0.29) is 19.0 Å². The van der Waals surface area contributed by atoms with Gasteiger partial charge in [0.25, 0.3) is 0 Å². The molecule has 0 saturated carbocycles. The van der Waals surface area contributed by atoms with Crippen LogP contribution in [-0.4, -0.2) is 76.2 Å². The first kappa shape index (κ1) is 18.8. The third-order valence-electron chi connectivity index (χ3n) is 4.77. The Balaban J connectivity index is 1.59. The number of halogens is 3. The molecule has 10 heteroatoms. The van der Waals surface area contributed by atoms with Gasteiger partial charge in [-0.05, 0) is 18.8 Å². The number of likely N-dealkylation sites (tertiary alicyclic amines) is 1. The highest BCUT2D eigenvalue weighted by atomic mass is 32.1. The molecule has 0 aliphatic carbocycles. The Bertz CT molecular complexity index is 574. The molecule has 3 atom stereocenters. The number of aliphatic hydroxyl groups is 3. The van der Waals surface area contributed by atoms with E-state index in [4.69, 9.17) is 0 Å². The molecule has 0 amide bonds. The Labute approximate surface area is 147 Å². The summed E-state index contributed by atoms with van der Waals surface area (Å²) in [5.74, 6) is 0.210. The van der Waals surface area contributed by atoms with Crippen molar-refractivity contribution in [1.82, 2.24) is 9.88 Å². The molecule has 0 aromatic carbocycles. The summed E-state index contributed by atoms with van der Waals surface area (Å²) in [5, 5.41) is 30.6. The van der Waals surface area contributed by atoms with E-state index in [9.17, 15) is 28.5 Å². The Morgan fingerprint density at radius 1 is 1.16 bits per heavy atom. The lowest BCUT2D eigenvalue weighted by atomic mass is 9.95. The van der Waals surface area contributed by atoms with Crippen LogP contribution in [0.4, 0.5) is 18.3 Å². The number of alkyl halides is 3. The molecule has 2 aliphatic rings. The van der Waals surface area contributed by atoms with E-state index in [1.54, 1.807) is 0 Å². The van der Waals surface area contributed by atoms with Gasteiger partial charge in [-0.3, -0.25) is 4.90 Å². The van der Waals surface area contributed by atoms with Gasteiger partial charge in [0.15, 0.2) is 10.8 Å². The highest BCUT2D eigenvalue weighted by Gasteiger charge is 2.36. The lowest BCUT2D eigenvalue weighted by Gasteiger charge is -2.40. The zero-order valence-corrected chi connectivity index (χ0v) is 14.4. The number of anilines is 1. The Morgan fingerprint density at radius 3 is 2.44 bits per heavy atom. The predicted molar refractivity (Wildman–Crippen MR) is 86.5 cm³/mol. The van der Waals surface area contributed by atoms with E-state index in [0.717, 1.165) is 29.6 Å². The molecule has 2 unspecified atom stereocenters. The van der Waals surface area contributed by atoms with Gasteiger partial charge in [-0.15, -0.1) is 11.3 Å². The molecule has 2 saturated heterocycles. The number of aliphatic hydroxyl groups excluding tert-OH is 3. The van der Waals surface area contributed by atoms with Gasteiger partial charge >= 0.3 is 6.18 Å². The van der Waals surface area contributed by atoms with Gasteiger partial charge < -0.3 is 20.2 Å². The van der Waals surface area contributed by atoms with Gasteiger partial charge in [0.1, 0.15) is 6.10 Å². The lowest BCUT2D eigenvalue weighted by Crippen LogP contribution is -2.56. The second kappa shape index (κ2) is 7.36. The number of nitrogens with zero attached hydrogens (tertiary/aromatic N) is 3. The summed E-state index contributed by atoms with van der Waals surface area (Å²) < 4.78 is 38.1. The predicted octanol–water partition coefficient (Wildman–Crippen LogP) is 0.777. The zero-order chi connectivity index (χ0) is 18.2. The van der Waals surface area contributed by atoms with Crippen LogP contribution in [0.1, 0.15) is 18.5 Å². The summed E-state index contributed by atoms with van der Waals surface area (Å²) in [7, 11) is 0. The largest absolute Gasteiger partial charge is 0.434 e. The fraction of sp³-hybridized carbons (Fsp3) is 0.800. The first-order valence-electron chi connectivity index (χ1n) is 8.28. The van der Waals surface area contributed by atoms with Crippen LogP contribution in [0, 0.1) is 5.92 Å². The number of β-amino-alcohol motifs (C(OH)–C–C–N with tert-alkyl or cyclic N) is 2. The molecule has 1 aromatic heterocycles. The summed E-state index contributed by atoms with van der Waals surface area (Å²) in [5.41, 5.74) is -0.856. The monoisotopic (exact) mass is 381 g/mol. The van der Waals surface area contributed by atoms with Gasteiger partial charge in [-0.1, -0.05) is 0 Å². The molecule has 3 heterocycles. The molecule has 0 bridgehead atoms. The third kappa shape index (κ3) is 4.43. The van der Waals surface area contributed by atoms with Crippen LogP contribution in [0.3, 0.4) is 0 Å². The highest BCUT2D eigenvalue weighted by molar-refractivity contribution is 7.13. The van der Waals surface area contributed by atoms with Crippen molar-refractivity contribution in [3.05, 3.63) is 11.1 Å². The number of hydrogen-bond acceptors (Lipinski definition) is 7. The summed E-state index contributed by atoms with van der Waals surface area (Å²) in [4.78, 5) is 7.49. The van der Waals surface area contributed by atoms with Crippen molar-refractivity contribution in [2.75, 3.05) is 37.6 Å². The molecule has 2 aliphatic heterocycles. The first-order valence-corrected chi connectivity index (χ1v) is 9.16. The standard InChI is InChI=1S/C15H22F3N3O3S/c16-15(17,18)12-8-25-14(19-12)21-3-1-2-9(5-21)4-20-6-10(22)13(24)11(23)7-20/h8-11,13,22-24H,1-7H2/t9-,10?,11?,13?/m0/s1. The maximum Gasteiger partial charge on any atom is 0.434 e. The Kier molecular flexibility index (Phi) is 5.54. The normalized spacial score (nSPS) is 32.2. The molecular formula is C15H22F3N3O3S. The summed E-state index contributed by atoms with van der Waals surface area (Å²) in [6.07, 6.45) is -5.75. The van der Waals surface area contributed by atoms with Crippen molar-refractivity contribution < 1.29 is 28.5 Å². The van der Waals surface area contributed by atoms with Crippen LogP contribution >= 0.6 is 11.3 Å². The van der Waals surface area contributed by atoms with Gasteiger partial charge in [-0.25, -0.2) is 4.98 Å². The maximum atomic E-state index is 12.7. The van der Waals surface area contributed by atoms with Crippen LogP contribution in [-0.2, 0) is 6.18 Å². The van der Waals surface area contributed by atoms with Crippen molar-refractivity contribution in [2.24, 2.45) is 5.92 Å². The maximum absolute atomic E-state index is 12.7. The molecule has 6 nitrogen and oxygen atoms in total. The van der Waals surface area contributed by atoms with Gasteiger partial charge in [0.05, 0.1) is 12.2 Å². The summed E-state index contributed by atoms with van der Waals surface area (Å²) in [6.45, 7) is 2.45. The minimum absolute atomic E-state index is 0.210. The zero-order valence-electron chi connectivity index (χ0n) is 13.6. The Hall–Kier alpha value is -0.940. The second-order valence-corrected chi connectivity index (χ2v) is 7.65. The topological polar surface area (TPSA) is 80.1 Å². The SMILES string of the molecule is OC1CN(C[C@@H]2CCCN(c3nc(C(F)(F)F)cs3)C2)CC(O)C1O. The number of thiazole rings is 1. The Morgan fingerprint density at radius 2 is 1.84 bits per heavy atom. The molecule has 142 valence electrons. The molecule has 25 heavy (non-hydrogen) atoms. The molecule has 3 N–H and O–H groups in total. The van der Waals surface area contributed by atoms with Crippen LogP contribution in [0.25, 0.3) is 0 Å². The molecule has 1 aromatic rings. The highest BCUT2D eigenvalue weighted by Crippen LogP contribution is 2.34. The van der Waals surface area contributed by atoms with Crippen molar-refractivity contribution >= 4 is 16.5 Å². The number of rotatable bonds is 3. The average molecular weight is 381 g/mol. The smallest absolute Gasteiger partial charge is 0.389 e. The third-order valence-corrected chi connectivity index (χ3v) is 5.67. The second-order valence-electron chi connectivity index (χ2n) is 6.81. The van der Waals surface area contributed by atoms with E-state index in [2.05, 4.69) is 4.98 Å². The molecule has 0 radical (unpaired) electrons. The van der Waals surface area contributed by atoms with Crippen LogP contribution in [0.15, 0.2) is 5.38 Å². The summed E-state index contributed by atoms with van der Waals surface area (Å²) in [6, 6.07) is 0. The minimum Gasteiger partial charge on any atom is -0.389 e. The van der Waals surface area contributed by atoms with Crippen LogP contribution < -0.4 is 4.90 Å². The van der Waals surface area contributed by atoms with Gasteiger partial charge in [0, 0.05) is 38.1 Å². The number of hydrogen-bond donors (Lipinski definition) is 3. The quantitative estimate of drug-likeness (QED) is 0.718. The minimum atomic E-state index is -4.43. The van der Waals surface area contributed by atoms with Crippen molar-refractivity contribution in [3.8, 4) is 0 Å². The molecular weight excluding hydrogens is 359 g/mol. The lowest BCUT2D eigenvalue weighted by molar-refractivity contribution is -0.140. The van der Waals surface area contributed by atoms with E-state index in [0.29, 0.717) is 24.8 Å². The molecule has 0 spiro atoms. The summed E-state index contributed by atoms with van der Waals surface area (Å²) >= 11 is 1.00. The van der Waals surface area contributed by atoms with Crippen LogP contribution in [0.5, 0.6) is 0 Å². The number of aromatic nitrogens is 1. The van der Waals surface area contributed by atoms with Gasteiger partial charge in [0.2, 0.25) is 0 Å². The van der Waals surface area contributed by atoms with E-state index in [1.807, 2.05) is 9.80 Å². The van der Waals surface area contributed by atoms with Crippen molar-refractivity contribution in [2.45, 2.75) is 37.3 Å². The first-order chi connectivity index (χ1) is 11.7. The average Bonchev–Trinajstić information content (AvgIpc) is 3.03. The fourth-order valence-corrected chi connectivity index (χ4v) is 4.39. The van der Waals surface area contributed by atoms with Crippen molar-refractivity contribution in [1.29, 1.82) is 0 Å². The number of piperidine rings is 2. The van der Waals surface area contributed by atoms with Crippen LogP contribution in [0.2, 0.25) is 0 Å². The van der Waals surface area contributed by atoms with Crippen molar-refractivity contribution in [3.63, 3.8) is 0 Å². The fourth-order valence-electron chi connectivity index (χ4n) is 3.52. The van der Waals surface area contributed by atoms with E-state index >= 15 is 0 Å².